The van der Waals surface area contributed by atoms with Crippen molar-refractivity contribution in [3.05, 3.63) is 35.9 Å². The fourth-order valence-corrected chi connectivity index (χ4v) is 1.34. The van der Waals surface area contributed by atoms with Gasteiger partial charge >= 0.3 is 0 Å². The molecule has 0 aliphatic rings. The highest BCUT2D eigenvalue weighted by Gasteiger charge is 2.18. The Hall–Kier alpha value is -1.19. The summed E-state index contributed by atoms with van der Waals surface area (Å²) >= 11 is 0. The second kappa shape index (κ2) is 5.63. The molecule has 0 saturated heterocycles. The Bertz CT molecular complexity index is 308. The van der Waals surface area contributed by atoms with E-state index in [1.165, 1.54) is 0 Å². The van der Waals surface area contributed by atoms with Crippen LogP contribution in [0.1, 0.15) is 30.1 Å². The summed E-state index contributed by atoms with van der Waals surface area (Å²) in [6.07, 6.45) is -1.37. The van der Waals surface area contributed by atoms with Gasteiger partial charge in [-0.2, -0.15) is 0 Å². The van der Waals surface area contributed by atoms with Crippen molar-refractivity contribution in [2.45, 2.75) is 32.0 Å². The number of hydrogen-bond acceptors (Lipinski definition) is 3. The van der Waals surface area contributed by atoms with E-state index in [1.807, 2.05) is 6.07 Å². The molecule has 1 aromatic carbocycles. The van der Waals surface area contributed by atoms with Crippen LogP contribution in [-0.4, -0.2) is 28.2 Å². The molecule has 0 aromatic heterocycles. The maximum Gasteiger partial charge on any atom is 0.165 e. The van der Waals surface area contributed by atoms with Crippen LogP contribution in [0.2, 0.25) is 0 Å². The number of ketones is 1. The number of hydrogen-bond donors (Lipinski definition) is 2. The fourth-order valence-electron chi connectivity index (χ4n) is 1.34. The first-order valence-electron chi connectivity index (χ1n) is 5.09. The van der Waals surface area contributed by atoms with Gasteiger partial charge in [-0.15, -0.1) is 0 Å². The third kappa shape index (κ3) is 3.46. The molecule has 0 spiro atoms. The van der Waals surface area contributed by atoms with Crippen molar-refractivity contribution in [3.8, 4) is 0 Å². The third-order valence-corrected chi connectivity index (χ3v) is 2.35. The van der Waals surface area contributed by atoms with E-state index < -0.39 is 12.2 Å². The van der Waals surface area contributed by atoms with Gasteiger partial charge in [-0.3, -0.25) is 4.79 Å². The van der Waals surface area contributed by atoms with E-state index in [4.69, 9.17) is 0 Å². The Balaban J connectivity index is 2.57. The van der Waals surface area contributed by atoms with Gasteiger partial charge in [-0.1, -0.05) is 37.3 Å². The van der Waals surface area contributed by atoms with Gasteiger partial charge in [0.25, 0.3) is 0 Å². The summed E-state index contributed by atoms with van der Waals surface area (Å²) in [5, 5.41) is 18.8. The molecule has 0 saturated carbocycles. The molecule has 2 atom stereocenters. The molecule has 0 radical (unpaired) electrons. The molecule has 0 bridgehead atoms. The molecule has 15 heavy (non-hydrogen) atoms. The predicted molar refractivity (Wildman–Crippen MR) is 57.7 cm³/mol. The number of benzene rings is 1. The van der Waals surface area contributed by atoms with Gasteiger partial charge in [0.2, 0.25) is 0 Å². The molecule has 0 amide bonds. The summed E-state index contributed by atoms with van der Waals surface area (Å²) < 4.78 is 0. The third-order valence-electron chi connectivity index (χ3n) is 2.35. The van der Waals surface area contributed by atoms with E-state index in [0.29, 0.717) is 12.0 Å². The Morgan fingerprint density at radius 2 is 1.80 bits per heavy atom. The number of rotatable bonds is 5. The van der Waals surface area contributed by atoms with Crippen LogP contribution in [0.5, 0.6) is 0 Å². The monoisotopic (exact) mass is 208 g/mol. The number of aliphatic hydroxyl groups excluding tert-OH is 2. The van der Waals surface area contributed by atoms with Crippen molar-refractivity contribution in [1.82, 2.24) is 0 Å². The molecule has 1 aromatic rings. The molecule has 0 aliphatic heterocycles. The highest BCUT2D eigenvalue weighted by Crippen LogP contribution is 2.09. The fraction of sp³-hybridized carbons (Fsp3) is 0.417. The molecule has 0 unspecified atom stereocenters. The molecule has 1 rings (SSSR count). The summed E-state index contributed by atoms with van der Waals surface area (Å²) in [4.78, 5) is 11.6. The van der Waals surface area contributed by atoms with Crippen LogP contribution < -0.4 is 0 Å². The van der Waals surface area contributed by atoms with E-state index in [0.717, 1.165) is 0 Å². The molecule has 0 aliphatic carbocycles. The lowest BCUT2D eigenvalue weighted by Crippen LogP contribution is -2.27. The number of aliphatic hydroxyl groups is 2. The van der Waals surface area contributed by atoms with Gasteiger partial charge in [0.1, 0.15) is 0 Å². The van der Waals surface area contributed by atoms with Crippen molar-refractivity contribution >= 4 is 5.78 Å². The first-order chi connectivity index (χ1) is 7.15. The summed E-state index contributed by atoms with van der Waals surface area (Å²) in [5.74, 6) is -0.143. The summed E-state index contributed by atoms with van der Waals surface area (Å²) in [6, 6.07) is 8.78. The molecule has 3 heteroatoms. The minimum atomic E-state index is -0.970. The maximum atomic E-state index is 11.6. The Morgan fingerprint density at radius 1 is 1.20 bits per heavy atom. The van der Waals surface area contributed by atoms with Crippen molar-refractivity contribution < 1.29 is 15.0 Å². The van der Waals surface area contributed by atoms with Crippen LogP contribution >= 0.6 is 0 Å². The smallest absolute Gasteiger partial charge is 0.165 e. The predicted octanol–water partition coefficient (Wildman–Crippen LogP) is 1.39. The lowest BCUT2D eigenvalue weighted by Gasteiger charge is -2.14. The Labute approximate surface area is 89.4 Å². The molecular weight excluding hydrogens is 192 g/mol. The van der Waals surface area contributed by atoms with Gasteiger partial charge in [0, 0.05) is 12.0 Å². The highest BCUT2D eigenvalue weighted by molar-refractivity contribution is 5.96. The van der Waals surface area contributed by atoms with Crippen LogP contribution in [0.4, 0.5) is 0 Å². The topological polar surface area (TPSA) is 57.5 Å². The minimum absolute atomic E-state index is 0.0288. The SMILES string of the molecule is CC[C@@H](O)[C@H](O)CC(=O)c1ccccc1. The zero-order chi connectivity index (χ0) is 11.3. The van der Waals surface area contributed by atoms with E-state index in [1.54, 1.807) is 31.2 Å². The summed E-state index contributed by atoms with van der Waals surface area (Å²) in [7, 11) is 0. The Morgan fingerprint density at radius 3 is 2.33 bits per heavy atom. The van der Waals surface area contributed by atoms with Crippen molar-refractivity contribution in [1.29, 1.82) is 0 Å². The van der Waals surface area contributed by atoms with Gasteiger partial charge in [-0.25, -0.2) is 0 Å². The van der Waals surface area contributed by atoms with Crippen LogP contribution in [0, 0.1) is 0 Å². The number of Topliss-reactive ketones (excluding diaryl/α,β-unsaturated/α-hetero) is 1. The molecular formula is C12H16O3. The van der Waals surface area contributed by atoms with E-state index in [2.05, 4.69) is 0 Å². The molecule has 0 heterocycles. The van der Waals surface area contributed by atoms with Crippen LogP contribution in [0.25, 0.3) is 0 Å². The van der Waals surface area contributed by atoms with Crippen molar-refractivity contribution in [2.75, 3.05) is 0 Å². The maximum absolute atomic E-state index is 11.6. The second-order valence-corrected chi connectivity index (χ2v) is 3.54. The minimum Gasteiger partial charge on any atom is -0.390 e. The highest BCUT2D eigenvalue weighted by atomic mass is 16.3. The molecule has 2 N–H and O–H groups in total. The van der Waals surface area contributed by atoms with Crippen molar-refractivity contribution in [3.63, 3.8) is 0 Å². The molecule has 0 fully saturated rings. The average molecular weight is 208 g/mol. The summed E-state index contributed by atoms with van der Waals surface area (Å²) in [6.45, 7) is 1.76. The average Bonchev–Trinajstić information content (AvgIpc) is 2.29. The van der Waals surface area contributed by atoms with Crippen LogP contribution in [0.3, 0.4) is 0 Å². The normalized spacial score (nSPS) is 14.6. The van der Waals surface area contributed by atoms with Gasteiger partial charge in [-0.05, 0) is 6.42 Å². The van der Waals surface area contributed by atoms with Gasteiger partial charge in [0.05, 0.1) is 12.2 Å². The zero-order valence-electron chi connectivity index (χ0n) is 8.76. The van der Waals surface area contributed by atoms with Gasteiger partial charge in [0.15, 0.2) is 5.78 Å². The van der Waals surface area contributed by atoms with Gasteiger partial charge < -0.3 is 10.2 Å². The number of carbonyl (C=O) groups excluding carboxylic acids is 1. The first kappa shape index (κ1) is 11.9. The van der Waals surface area contributed by atoms with E-state index >= 15 is 0 Å². The zero-order valence-corrected chi connectivity index (χ0v) is 8.76. The second-order valence-electron chi connectivity index (χ2n) is 3.54. The quantitative estimate of drug-likeness (QED) is 0.719. The standard InChI is InChI=1S/C12H16O3/c1-2-10(13)12(15)8-11(14)9-6-4-3-5-7-9/h3-7,10,12-13,15H,2,8H2,1H3/t10-,12-/m1/s1. The molecule has 82 valence electrons. The van der Waals surface area contributed by atoms with E-state index in [9.17, 15) is 15.0 Å². The van der Waals surface area contributed by atoms with Crippen LogP contribution in [-0.2, 0) is 0 Å². The molecule has 3 nitrogen and oxygen atoms in total. The first-order valence-corrected chi connectivity index (χ1v) is 5.09. The summed E-state index contributed by atoms with van der Waals surface area (Å²) in [5.41, 5.74) is 0.569. The largest absolute Gasteiger partial charge is 0.390 e. The number of carbonyl (C=O) groups is 1. The Kier molecular flexibility index (Phi) is 4.46. The van der Waals surface area contributed by atoms with Crippen LogP contribution in [0.15, 0.2) is 30.3 Å². The van der Waals surface area contributed by atoms with E-state index in [-0.39, 0.29) is 12.2 Å². The lowest BCUT2D eigenvalue weighted by molar-refractivity contribution is 0.0141. The van der Waals surface area contributed by atoms with Crippen molar-refractivity contribution in [2.24, 2.45) is 0 Å². The lowest BCUT2D eigenvalue weighted by atomic mass is 10.0.